The average Bonchev–Trinajstić information content (AvgIpc) is 3.07. The third-order valence-electron chi connectivity index (χ3n) is 3.73. The Morgan fingerprint density at radius 1 is 1.30 bits per heavy atom. The Morgan fingerprint density at radius 3 is 2.83 bits per heavy atom. The summed E-state index contributed by atoms with van der Waals surface area (Å²) in [6, 6.07) is 10.9. The standard InChI is InChI=1S/C17H20FN3O.HI/c1-2-19-17(20-11-12-6-5-9-22-12)21-16-10-14(16)13-7-3-4-8-15(13)18;/h3-9,14,16H,2,10-11H2,1H3,(H2,19,20,21);1H. The van der Waals surface area contributed by atoms with Gasteiger partial charge in [0, 0.05) is 18.5 Å². The Bertz CT molecular complexity index is 645. The normalized spacial score (nSPS) is 19.8. The molecule has 2 aromatic rings. The minimum atomic E-state index is -0.130. The van der Waals surface area contributed by atoms with Gasteiger partial charge in [-0.1, -0.05) is 18.2 Å². The van der Waals surface area contributed by atoms with Crippen LogP contribution in [0.1, 0.15) is 30.6 Å². The predicted octanol–water partition coefficient (Wildman–Crippen LogP) is 3.65. The molecule has 1 aromatic carbocycles. The molecule has 6 heteroatoms. The van der Waals surface area contributed by atoms with Gasteiger partial charge in [-0.2, -0.15) is 0 Å². The molecular formula is C17H21FIN3O. The van der Waals surface area contributed by atoms with Crippen LogP contribution in [0.15, 0.2) is 52.1 Å². The molecule has 124 valence electrons. The summed E-state index contributed by atoms with van der Waals surface area (Å²) in [6.07, 6.45) is 2.56. The van der Waals surface area contributed by atoms with Crippen molar-refractivity contribution in [2.45, 2.75) is 31.8 Å². The number of hydrogen-bond donors (Lipinski definition) is 2. The maximum Gasteiger partial charge on any atom is 0.191 e. The van der Waals surface area contributed by atoms with Gasteiger partial charge in [0.05, 0.1) is 6.26 Å². The van der Waals surface area contributed by atoms with Crippen molar-refractivity contribution in [3.8, 4) is 0 Å². The van der Waals surface area contributed by atoms with Crippen LogP contribution in [0.2, 0.25) is 0 Å². The first-order chi connectivity index (χ1) is 10.8. The first-order valence-corrected chi connectivity index (χ1v) is 7.59. The van der Waals surface area contributed by atoms with Crippen LogP contribution in [0.5, 0.6) is 0 Å². The molecule has 2 unspecified atom stereocenters. The van der Waals surface area contributed by atoms with Gasteiger partial charge in [0.1, 0.15) is 18.1 Å². The van der Waals surface area contributed by atoms with Crippen molar-refractivity contribution in [3.63, 3.8) is 0 Å². The second-order valence-corrected chi connectivity index (χ2v) is 5.39. The number of furan rings is 1. The first-order valence-electron chi connectivity index (χ1n) is 7.59. The first kappa shape index (κ1) is 17.8. The zero-order valence-corrected chi connectivity index (χ0v) is 15.3. The molecule has 0 aliphatic heterocycles. The van der Waals surface area contributed by atoms with Crippen LogP contribution in [0, 0.1) is 5.82 Å². The van der Waals surface area contributed by atoms with Crippen LogP contribution in [0.25, 0.3) is 0 Å². The summed E-state index contributed by atoms with van der Waals surface area (Å²) in [7, 11) is 0. The Hall–Kier alpha value is -1.57. The molecule has 1 heterocycles. The number of nitrogens with one attached hydrogen (secondary N) is 2. The van der Waals surface area contributed by atoms with Crippen molar-refractivity contribution in [2.24, 2.45) is 4.99 Å². The highest BCUT2D eigenvalue weighted by Gasteiger charge is 2.40. The molecule has 2 atom stereocenters. The van der Waals surface area contributed by atoms with E-state index in [0.717, 1.165) is 30.2 Å². The van der Waals surface area contributed by atoms with Gasteiger partial charge in [-0.15, -0.1) is 24.0 Å². The third-order valence-corrected chi connectivity index (χ3v) is 3.73. The van der Waals surface area contributed by atoms with E-state index in [1.54, 1.807) is 12.3 Å². The van der Waals surface area contributed by atoms with Crippen LogP contribution in [0.3, 0.4) is 0 Å². The van der Waals surface area contributed by atoms with Crippen molar-refractivity contribution in [1.82, 2.24) is 10.6 Å². The highest BCUT2D eigenvalue weighted by Crippen LogP contribution is 2.41. The second kappa shape index (κ2) is 8.33. The van der Waals surface area contributed by atoms with E-state index in [1.165, 1.54) is 6.07 Å². The quantitative estimate of drug-likeness (QED) is 0.434. The molecule has 2 N–H and O–H groups in total. The summed E-state index contributed by atoms with van der Waals surface area (Å²) in [5, 5.41) is 6.57. The van der Waals surface area contributed by atoms with Gasteiger partial charge in [0.15, 0.2) is 5.96 Å². The summed E-state index contributed by atoms with van der Waals surface area (Å²) in [5.74, 6) is 1.64. The largest absolute Gasteiger partial charge is 0.467 e. The Morgan fingerprint density at radius 2 is 2.13 bits per heavy atom. The summed E-state index contributed by atoms with van der Waals surface area (Å²) in [4.78, 5) is 4.49. The van der Waals surface area contributed by atoms with Gasteiger partial charge in [-0.05, 0) is 37.1 Å². The maximum atomic E-state index is 13.8. The van der Waals surface area contributed by atoms with E-state index in [0.29, 0.717) is 6.54 Å². The molecule has 1 aromatic heterocycles. The van der Waals surface area contributed by atoms with Crippen molar-refractivity contribution in [3.05, 3.63) is 59.8 Å². The van der Waals surface area contributed by atoms with Gasteiger partial charge in [-0.3, -0.25) is 0 Å². The fourth-order valence-corrected chi connectivity index (χ4v) is 2.53. The van der Waals surface area contributed by atoms with Crippen molar-refractivity contribution in [1.29, 1.82) is 0 Å². The van der Waals surface area contributed by atoms with Crippen LogP contribution in [-0.2, 0) is 6.54 Å². The minimum Gasteiger partial charge on any atom is -0.467 e. The van der Waals surface area contributed by atoms with E-state index in [2.05, 4.69) is 15.6 Å². The molecule has 3 rings (SSSR count). The maximum absolute atomic E-state index is 13.8. The lowest BCUT2D eigenvalue weighted by Gasteiger charge is -2.11. The highest BCUT2D eigenvalue weighted by atomic mass is 127. The smallest absolute Gasteiger partial charge is 0.191 e. The highest BCUT2D eigenvalue weighted by molar-refractivity contribution is 14.0. The van der Waals surface area contributed by atoms with E-state index >= 15 is 0 Å². The molecule has 23 heavy (non-hydrogen) atoms. The monoisotopic (exact) mass is 429 g/mol. The van der Waals surface area contributed by atoms with Crippen LogP contribution >= 0.6 is 24.0 Å². The van der Waals surface area contributed by atoms with E-state index in [1.807, 2.05) is 31.2 Å². The summed E-state index contributed by atoms with van der Waals surface area (Å²) >= 11 is 0. The number of aliphatic imine (C=N–C) groups is 1. The zero-order valence-electron chi connectivity index (χ0n) is 13.0. The molecule has 1 aliphatic rings. The lowest BCUT2D eigenvalue weighted by molar-refractivity contribution is 0.512. The van der Waals surface area contributed by atoms with Gasteiger partial charge < -0.3 is 15.1 Å². The fourth-order valence-electron chi connectivity index (χ4n) is 2.53. The molecule has 4 nitrogen and oxygen atoms in total. The van der Waals surface area contributed by atoms with Gasteiger partial charge in [0.25, 0.3) is 0 Å². The van der Waals surface area contributed by atoms with Crippen molar-refractivity contribution >= 4 is 29.9 Å². The summed E-state index contributed by atoms with van der Waals surface area (Å²) in [5.41, 5.74) is 0.780. The zero-order chi connectivity index (χ0) is 15.4. The van der Waals surface area contributed by atoms with Crippen LogP contribution in [0.4, 0.5) is 4.39 Å². The van der Waals surface area contributed by atoms with Gasteiger partial charge in [0.2, 0.25) is 0 Å². The topological polar surface area (TPSA) is 49.6 Å². The van der Waals surface area contributed by atoms with E-state index in [-0.39, 0.29) is 41.8 Å². The Kier molecular flexibility index (Phi) is 6.44. The van der Waals surface area contributed by atoms with Gasteiger partial charge in [-0.25, -0.2) is 9.38 Å². The number of benzene rings is 1. The molecule has 0 saturated heterocycles. The van der Waals surface area contributed by atoms with E-state index in [4.69, 9.17) is 4.42 Å². The summed E-state index contributed by atoms with van der Waals surface area (Å²) in [6.45, 7) is 3.28. The molecule has 0 amide bonds. The van der Waals surface area contributed by atoms with Crippen LogP contribution in [-0.4, -0.2) is 18.5 Å². The molecule has 0 radical (unpaired) electrons. The number of rotatable bonds is 5. The lowest BCUT2D eigenvalue weighted by Crippen LogP contribution is -2.39. The minimum absolute atomic E-state index is 0. The van der Waals surface area contributed by atoms with E-state index in [9.17, 15) is 4.39 Å². The molecule has 1 aliphatic carbocycles. The fraction of sp³-hybridized carbons (Fsp3) is 0.353. The SMILES string of the molecule is CCNC(=NCc1ccco1)NC1CC1c1ccccc1F.I. The predicted molar refractivity (Wildman–Crippen MR) is 99.6 cm³/mol. The average molecular weight is 429 g/mol. The number of halogens is 2. The molecule has 0 bridgehead atoms. The number of nitrogens with zero attached hydrogens (tertiary/aromatic N) is 1. The number of guanidine groups is 1. The van der Waals surface area contributed by atoms with E-state index < -0.39 is 0 Å². The van der Waals surface area contributed by atoms with Gasteiger partial charge >= 0.3 is 0 Å². The Balaban J connectivity index is 0.00000192. The Labute approximate surface area is 152 Å². The molecule has 0 spiro atoms. The second-order valence-electron chi connectivity index (χ2n) is 5.39. The third kappa shape index (κ3) is 4.70. The van der Waals surface area contributed by atoms with Crippen molar-refractivity contribution in [2.75, 3.05) is 6.54 Å². The number of hydrogen-bond acceptors (Lipinski definition) is 2. The molecular weight excluding hydrogens is 408 g/mol. The van der Waals surface area contributed by atoms with Crippen molar-refractivity contribution < 1.29 is 8.81 Å². The lowest BCUT2D eigenvalue weighted by atomic mass is 10.1. The van der Waals surface area contributed by atoms with Crippen LogP contribution < -0.4 is 10.6 Å². The molecule has 1 saturated carbocycles. The summed E-state index contributed by atoms with van der Waals surface area (Å²) < 4.78 is 19.1. The molecule has 1 fully saturated rings.